The Bertz CT molecular complexity index is 1920. The highest BCUT2D eigenvalue weighted by Crippen LogP contribution is 2.33. The van der Waals surface area contributed by atoms with Crippen molar-refractivity contribution >= 4 is 43.4 Å². The van der Waals surface area contributed by atoms with Gasteiger partial charge in [0.1, 0.15) is 29.3 Å². The van der Waals surface area contributed by atoms with Crippen molar-refractivity contribution in [3.8, 4) is 23.0 Å². The summed E-state index contributed by atoms with van der Waals surface area (Å²) in [6.45, 7) is 5.24. The second kappa shape index (κ2) is 18.8. The zero-order valence-electron chi connectivity index (χ0n) is 29.2. The van der Waals surface area contributed by atoms with Crippen LogP contribution in [0.15, 0.2) is 84.9 Å². The lowest BCUT2D eigenvalue weighted by Crippen LogP contribution is -2.28. The molecule has 4 aromatic carbocycles. The van der Waals surface area contributed by atoms with Gasteiger partial charge in [0.05, 0.1) is 51.5 Å². The molecular formula is C39H42B2O13. The van der Waals surface area contributed by atoms with Crippen LogP contribution in [0.5, 0.6) is 23.0 Å². The van der Waals surface area contributed by atoms with Crippen LogP contribution >= 0.6 is 0 Å². The van der Waals surface area contributed by atoms with E-state index < -0.39 is 26.4 Å². The minimum atomic E-state index is -1.13. The van der Waals surface area contributed by atoms with E-state index in [1.807, 2.05) is 24.3 Å². The highest BCUT2D eigenvalue weighted by molar-refractivity contribution is 6.62. The number of ether oxygens (including phenoxy) is 6. The zero-order valence-corrected chi connectivity index (χ0v) is 29.2. The van der Waals surface area contributed by atoms with Crippen LogP contribution in [0.2, 0.25) is 0 Å². The van der Waals surface area contributed by atoms with Crippen molar-refractivity contribution in [2.24, 2.45) is 0 Å². The van der Waals surface area contributed by atoms with E-state index in [1.165, 1.54) is 0 Å². The van der Waals surface area contributed by atoms with Gasteiger partial charge in [0.2, 0.25) is 0 Å². The first-order valence-electron chi connectivity index (χ1n) is 17.2. The second-order valence-electron chi connectivity index (χ2n) is 12.1. The highest BCUT2D eigenvalue weighted by Gasteiger charge is 2.38. The fourth-order valence-electron chi connectivity index (χ4n) is 6.11. The van der Waals surface area contributed by atoms with Gasteiger partial charge in [0.25, 0.3) is 0 Å². The van der Waals surface area contributed by atoms with E-state index in [4.69, 9.17) is 37.7 Å². The third-order valence-electron chi connectivity index (χ3n) is 8.46. The van der Waals surface area contributed by atoms with Crippen LogP contribution in [-0.4, -0.2) is 68.9 Å². The predicted molar refractivity (Wildman–Crippen MR) is 198 cm³/mol. The first-order chi connectivity index (χ1) is 25.7. The van der Waals surface area contributed by atoms with E-state index in [2.05, 4.69) is 0 Å². The van der Waals surface area contributed by atoms with Gasteiger partial charge in [-0.1, -0.05) is 43.8 Å². The summed E-state index contributed by atoms with van der Waals surface area (Å²) in [5, 5.41) is 20.3. The quantitative estimate of drug-likeness (QED) is 0.115. The molecule has 0 spiro atoms. The Labute approximate surface area is 314 Å². The number of esters is 2. The Morgan fingerprint density at radius 3 is 1.69 bits per heavy atom. The molecule has 1 saturated heterocycles. The van der Waals surface area contributed by atoms with Gasteiger partial charge in [-0.05, 0) is 84.4 Å². The number of carbonyl (C=O) groups excluding carboxylic acids is 3. The van der Waals surface area contributed by atoms with E-state index in [9.17, 15) is 24.4 Å². The summed E-state index contributed by atoms with van der Waals surface area (Å²) in [4.78, 5) is 34.2. The maximum absolute atomic E-state index is 11.7. The molecule has 282 valence electrons. The van der Waals surface area contributed by atoms with Crippen molar-refractivity contribution in [2.45, 2.75) is 52.6 Å². The fraction of sp³-hybridized carbons (Fsp3) is 0.308. The van der Waals surface area contributed by atoms with Gasteiger partial charge in [-0.2, -0.15) is 0 Å². The molecule has 54 heavy (non-hydrogen) atoms. The second-order valence-corrected chi connectivity index (χ2v) is 12.1. The number of hydrogen-bond donors (Lipinski definition) is 2. The molecule has 0 saturated carbocycles. The average molecular weight is 740 g/mol. The van der Waals surface area contributed by atoms with Gasteiger partial charge < -0.3 is 47.8 Å². The van der Waals surface area contributed by atoms with Crippen LogP contribution < -0.4 is 20.4 Å². The van der Waals surface area contributed by atoms with E-state index in [0.29, 0.717) is 65.9 Å². The smallest absolute Gasteiger partial charge is 0.466 e. The topological polar surface area (TPSA) is 166 Å². The molecule has 3 aliphatic rings. The average Bonchev–Trinajstić information content (AvgIpc) is 3.88. The number of fused-ring (bicyclic) bond motifs is 2. The van der Waals surface area contributed by atoms with Crippen LogP contribution in [0, 0.1) is 0 Å². The molecule has 1 fully saturated rings. The Morgan fingerprint density at radius 1 is 0.704 bits per heavy atom. The molecule has 2 atom stereocenters. The van der Waals surface area contributed by atoms with Gasteiger partial charge >= 0.3 is 26.2 Å². The highest BCUT2D eigenvalue weighted by atomic mass is 16.7. The molecule has 0 aromatic heterocycles. The number of aldehydes is 1. The minimum Gasteiger partial charge on any atom is -0.466 e. The molecule has 0 amide bonds. The summed E-state index contributed by atoms with van der Waals surface area (Å²) in [6, 6.07) is 24.7. The van der Waals surface area contributed by atoms with E-state index >= 15 is 0 Å². The molecule has 2 N–H and O–H groups in total. The van der Waals surface area contributed by atoms with Crippen molar-refractivity contribution in [1.82, 2.24) is 0 Å². The number of benzene rings is 4. The fourth-order valence-corrected chi connectivity index (χ4v) is 6.11. The standard InChI is InChI=1S/C20H21BO7.C18H17BO6.CH4/c1-2-24-19(22)12-18-16-7-6-15(11-17(16)21(23)28-18)27-14-5-3-4-13(10-14)20-25-8-9-26-20;1-2-23-18(21)10-17-15-7-6-14(9-16(15)19(22)25-17)24-13-5-3-4-12(8-13)11-20;/h3-7,10-11,18,20,23H,2,8-9,12H2,1H3;3-9,11,17,22H,2,10H2,1H3;1H4. The number of hydrogen-bond acceptors (Lipinski definition) is 13. The summed E-state index contributed by atoms with van der Waals surface area (Å²) >= 11 is 0. The van der Waals surface area contributed by atoms with Crippen LogP contribution in [0.25, 0.3) is 0 Å². The van der Waals surface area contributed by atoms with Gasteiger partial charge in [-0.15, -0.1) is 0 Å². The lowest BCUT2D eigenvalue weighted by molar-refractivity contribution is -0.146. The van der Waals surface area contributed by atoms with Gasteiger partial charge in [-0.25, -0.2) is 0 Å². The van der Waals surface area contributed by atoms with Crippen LogP contribution in [0.1, 0.15) is 79.7 Å². The Balaban J connectivity index is 0.000000205. The zero-order chi connectivity index (χ0) is 37.3. The summed E-state index contributed by atoms with van der Waals surface area (Å²) < 4.78 is 43.5. The number of carbonyl (C=O) groups is 3. The van der Waals surface area contributed by atoms with Crippen molar-refractivity contribution in [3.63, 3.8) is 0 Å². The predicted octanol–water partition coefficient (Wildman–Crippen LogP) is 4.88. The largest absolute Gasteiger partial charge is 0.492 e. The molecular weight excluding hydrogens is 698 g/mol. The maximum Gasteiger partial charge on any atom is 0.492 e. The minimum absolute atomic E-state index is 0. The third-order valence-corrected chi connectivity index (χ3v) is 8.46. The van der Waals surface area contributed by atoms with E-state index in [0.717, 1.165) is 23.0 Å². The maximum atomic E-state index is 11.7. The first kappa shape index (κ1) is 40.2. The lowest BCUT2D eigenvalue weighted by atomic mass is 9.79. The third kappa shape index (κ3) is 9.94. The molecule has 0 aliphatic carbocycles. The van der Waals surface area contributed by atoms with Crippen molar-refractivity contribution < 1.29 is 62.2 Å². The molecule has 3 aliphatic heterocycles. The van der Waals surface area contributed by atoms with Gasteiger partial charge in [0, 0.05) is 11.1 Å². The Kier molecular flexibility index (Phi) is 14.0. The molecule has 0 bridgehead atoms. The van der Waals surface area contributed by atoms with Crippen LogP contribution in [-0.2, 0) is 37.8 Å². The van der Waals surface area contributed by atoms with Crippen LogP contribution in [0.4, 0.5) is 0 Å². The summed E-state index contributed by atoms with van der Waals surface area (Å²) in [5.41, 5.74) is 4.03. The SMILES string of the molecule is C.CCOC(=O)CC1OB(O)c2cc(Oc3cccc(C4OCCO4)c3)ccc21.CCOC(=O)CC1OB(O)c2cc(Oc3cccc(C=O)c3)ccc21. The summed E-state index contributed by atoms with van der Waals surface area (Å²) in [6.07, 6.45) is -0.606. The van der Waals surface area contributed by atoms with Gasteiger partial charge in [0.15, 0.2) is 6.29 Å². The van der Waals surface area contributed by atoms with E-state index in [-0.39, 0.29) is 38.5 Å². The van der Waals surface area contributed by atoms with E-state index in [1.54, 1.807) is 74.5 Å². The molecule has 2 unspecified atom stereocenters. The molecule has 15 heteroatoms. The first-order valence-corrected chi connectivity index (χ1v) is 17.2. The van der Waals surface area contributed by atoms with Crippen LogP contribution in [0.3, 0.4) is 0 Å². The molecule has 7 rings (SSSR count). The Hall–Kier alpha value is -5.02. The lowest BCUT2D eigenvalue weighted by Gasteiger charge is -2.13. The molecule has 13 nitrogen and oxygen atoms in total. The Morgan fingerprint density at radius 2 is 1.19 bits per heavy atom. The molecule has 0 radical (unpaired) electrons. The summed E-state index contributed by atoms with van der Waals surface area (Å²) in [7, 11) is -2.23. The van der Waals surface area contributed by atoms with Gasteiger partial charge in [-0.3, -0.25) is 14.4 Å². The van der Waals surface area contributed by atoms with Crippen molar-refractivity contribution in [1.29, 1.82) is 0 Å². The normalized spacial score (nSPS) is 17.0. The molecule has 4 aromatic rings. The van der Waals surface area contributed by atoms with Crippen molar-refractivity contribution in [3.05, 3.63) is 107 Å². The monoisotopic (exact) mass is 740 g/mol. The van der Waals surface area contributed by atoms with Crippen molar-refractivity contribution in [2.75, 3.05) is 26.4 Å². The molecule has 3 heterocycles. The number of rotatable bonds is 12. The summed E-state index contributed by atoms with van der Waals surface area (Å²) in [5.74, 6) is 1.47.